The zero-order valence-electron chi connectivity index (χ0n) is 12.7. The minimum absolute atomic E-state index is 0.00632. The Bertz CT molecular complexity index is 409. The van der Waals surface area contributed by atoms with E-state index in [0.29, 0.717) is 13.2 Å². The molecule has 0 aliphatic rings. The summed E-state index contributed by atoms with van der Waals surface area (Å²) < 4.78 is 4.96. The van der Waals surface area contributed by atoms with Gasteiger partial charge in [-0.3, -0.25) is 0 Å². The zero-order chi connectivity index (χ0) is 15.0. The number of hydrogen-bond donors (Lipinski definition) is 1. The van der Waals surface area contributed by atoms with Crippen molar-refractivity contribution in [2.75, 3.05) is 33.1 Å². The molecular formula is C15H24N2O2S. The van der Waals surface area contributed by atoms with Gasteiger partial charge in [0.25, 0.3) is 0 Å². The van der Waals surface area contributed by atoms with Gasteiger partial charge in [0.2, 0.25) is 0 Å². The molecule has 0 bridgehead atoms. The van der Waals surface area contributed by atoms with Crippen molar-refractivity contribution in [2.24, 2.45) is 0 Å². The third kappa shape index (κ3) is 5.43. The van der Waals surface area contributed by atoms with Crippen molar-refractivity contribution in [1.82, 2.24) is 10.2 Å². The molecule has 2 amide bonds. The van der Waals surface area contributed by atoms with E-state index in [0.717, 1.165) is 11.3 Å². The molecule has 1 rings (SSSR count). The number of carbonyl (C=O) groups excluding carboxylic acids is 1. The first-order chi connectivity index (χ1) is 9.58. The van der Waals surface area contributed by atoms with Gasteiger partial charge in [-0.2, -0.15) is 0 Å². The Morgan fingerprint density at radius 1 is 1.40 bits per heavy atom. The lowest BCUT2D eigenvalue weighted by Gasteiger charge is -2.21. The fourth-order valence-corrected chi connectivity index (χ4v) is 2.39. The molecule has 1 aromatic carbocycles. The number of carbonyl (C=O) groups is 1. The summed E-state index contributed by atoms with van der Waals surface area (Å²) in [5.74, 6) is 1.07. The maximum Gasteiger partial charge on any atom is 0.317 e. The van der Waals surface area contributed by atoms with Crippen molar-refractivity contribution in [3.05, 3.63) is 29.8 Å². The number of nitrogens with one attached hydrogen (secondary N) is 1. The van der Waals surface area contributed by atoms with Gasteiger partial charge in [0.05, 0.1) is 12.6 Å². The van der Waals surface area contributed by atoms with Gasteiger partial charge in [0.1, 0.15) is 0 Å². The summed E-state index contributed by atoms with van der Waals surface area (Å²) in [6.45, 7) is 5.25. The van der Waals surface area contributed by atoms with Crippen LogP contribution in [-0.2, 0) is 4.74 Å². The van der Waals surface area contributed by atoms with Crippen LogP contribution in [0, 0.1) is 0 Å². The molecule has 112 valence electrons. The van der Waals surface area contributed by atoms with E-state index in [2.05, 4.69) is 36.5 Å². The van der Waals surface area contributed by atoms with Crippen LogP contribution in [0.4, 0.5) is 4.79 Å². The fourth-order valence-electron chi connectivity index (χ4n) is 1.73. The van der Waals surface area contributed by atoms with Crippen LogP contribution in [0.2, 0.25) is 0 Å². The fraction of sp³-hybridized carbons (Fsp3) is 0.533. The molecule has 0 unspecified atom stereocenters. The molecule has 1 aromatic rings. The highest BCUT2D eigenvalue weighted by Crippen LogP contribution is 2.20. The van der Waals surface area contributed by atoms with Gasteiger partial charge in [-0.25, -0.2) is 4.79 Å². The lowest BCUT2D eigenvalue weighted by atomic mass is 10.1. The molecule has 4 nitrogen and oxygen atoms in total. The molecule has 0 saturated carbocycles. The second-order valence-electron chi connectivity index (χ2n) is 4.59. The molecule has 0 aliphatic heterocycles. The highest BCUT2D eigenvalue weighted by molar-refractivity contribution is 7.99. The summed E-state index contributed by atoms with van der Waals surface area (Å²) in [5.41, 5.74) is 1.11. The molecule has 0 aliphatic carbocycles. The predicted molar refractivity (Wildman–Crippen MR) is 84.3 cm³/mol. The lowest BCUT2D eigenvalue weighted by molar-refractivity contribution is 0.158. The van der Waals surface area contributed by atoms with E-state index < -0.39 is 0 Å². The Morgan fingerprint density at radius 2 is 2.05 bits per heavy atom. The molecular weight excluding hydrogens is 272 g/mol. The molecule has 0 radical (unpaired) electrons. The standard InChI is InChI=1S/C15H24N2O2S/c1-5-20-14-8-6-13(7-9-14)12(2)16-15(18)17(3)10-11-19-4/h6-9,12H,5,10-11H2,1-4H3,(H,16,18)/t12-/m1/s1. The minimum Gasteiger partial charge on any atom is -0.383 e. The van der Waals surface area contributed by atoms with Gasteiger partial charge < -0.3 is 15.0 Å². The maximum absolute atomic E-state index is 12.0. The average molecular weight is 296 g/mol. The Hall–Kier alpha value is -1.20. The molecule has 1 N–H and O–H groups in total. The first kappa shape index (κ1) is 16.9. The number of nitrogens with zero attached hydrogens (tertiary/aromatic N) is 1. The van der Waals surface area contributed by atoms with Crippen LogP contribution in [0.15, 0.2) is 29.2 Å². The van der Waals surface area contributed by atoms with Crippen LogP contribution in [0.1, 0.15) is 25.5 Å². The Balaban J connectivity index is 2.52. The minimum atomic E-state index is -0.0819. The van der Waals surface area contributed by atoms with Crippen molar-refractivity contribution in [3.8, 4) is 0 Å². The molecule has 5 heteroatoms. The van der Waals surface area contributed by atoms with Crippen LogP contribution < -0.4 is 5.32 Å². The number of hydrogen-bond acceptors (Lipinski definition) is 3. The highest BCUT2D eigenvalue weighted by Gasteiger charge is 2.12. The molecule has 0 heterocycles. The first-order valence-corrected chi connectivity index (χ1v) is 7.80. The molecule has 1 atom stereocenters. The SMILES string of the molecule is CCSc1ccc([C@@H](C)NC(=O)N(C)CCOC)cc1. The number of methoxy groups -OCH3 is 1. The van der Waals surface area contributed by atoms with Crippen LogP contribution in [0.5, 0.6) is 0 Å². The van der Waals surface area contributed by atoms with E-state index >= 15 is 0 Å². The topological polar surface area (TPSA) is 41.6 Å². The molecule has 0 fully saturated rings. The van der Waals surface area contributed by atoms with Gasteiger partial charge in [0, 0.05) is 25.6 Å². The number of amides is 2. The van der Waals surface area contributed by atoms with Gasteiger partial charge in [0.15, 0.2) is 0 Å². The molecule has 20 heavy (non-hydrogen) atoms. The van der Waals surface area contributed by atoms with Crippen LogP contribution >= 0.6 is 11.8 Å². The number of rotatable bonds is 7. The third-order valence-corrected chi connectivity index (χ3v) is 3.90. The molecule has 0 spiro atoms. The summed E-state index contributed by atoms with van der Waals surface area (Å²) in [6, 6.07) is 8.24. The number of thioether (sulfide) groups is 1. The van der Waals surface area contributed by atoms with Gasteiger partial charge in [-0.1, -0.05) is 19.1 Å². The van der Waals surface area contributed by atoms with E-state index in [9.17, 15) is 4.79 Å². The quantitative estimate of drug-likeness (QED) is 0.786. The first-order valence-electron chi connectivity index (χ1n) is 6.81. The smallest absolute Gasteiger partial charge is 0.317 e. The van der Waals surface area contributed by atoms with Crippen molar-refractivity contribution in [1.29, 1.82) is 0 Å². The van der Waals surface area contributed by atoms with E-state index in [4.69, 9.17) is 4.74 Å². The number of benzene rings is 1. The van der Waals surface area contributed by atoms with Crippen LogP contribution in [0.25, 0.3) is 0 Å². The summed E-state index contributed by atoms with van der Waals surface area (Å²) in [6.07, 6.45) is 0. The maximum atomic E-state index is 12.0. The Morgan fingerprint density at radius 3 is 2.60 bits per heavy atom. The van der Waals surface area contributed by atoms with Crippen molar-refractivity contribution in [3.63, 3.8) is 0 Å². The Kier molecular flexibility index (Phi) is 7.47. The predicted octanol–water partition coefficient (Wildman–Crippen LogP) is 3.15. The molecule has 0 saturated heterocycles. The number of urea groups is 1. The zero-order valence-corrected chi connectivity index (χ0v) is 13.5. The average Bonchev–Trinajstić information content (AvgIpc) is 2.45. The number of ether oxygens (including phenoxy) is 1. The normalized spacial score (nSPS) is 12.0. The summed E-state index contributed by atoms with van der Waals surface area (Å²) in [5, 5.41) is 2.98. The largest absolute Gasteiger partial charge is 0.383 e. The summed E-state index contributed by atoms with van der Waals surface area (Å²) >= 11 is 1.81. The van der Waals surface area contributed by atoms with E-state index in [1.54, 1.807) is 19.1 Å². The lowest BCUT2D eigenvalue weighted by Crippen LogP contribution is -2.40. The third-order valence-electron chi connectivity index (χ3n) is 3.01. The second kappa shape index (κ2) is 8.87. The Labute approximate surface area is 125 Å². The van der Waals surface area contributed by atoms with Gasteiger partial charge in [-0.15, -0.1) is 11.8 Å². The van der Waals surface area contributed by atoms with Crippen LogP contribution in [-0.4, -0.2) is 44.0 Å². The van der Waals surface area contributed by atoms with E-state index in [1.165, 1.54) is 4.90 Å². The molecule has 0 aromatic heterocycles. The van der Waals surface area contributed by atoms with Gasteiger partial charge in [-0.05, 0) is 30.4 Å². The van der Waals surface area contributed by atoms with Gasteiger partial charge >= 0.3 is 6.03 Å². The summed E-state index contributed by atoms with van der Waals surface area (Å²) in [4.78, 5) is 14.8. The second-order valence-corrected chi connectivity index (χ2v) is 5.93. The van der Waals surface area contributed by atoms with Crippen LogP contribution in [0.3, 0.4) is 0 Å². The van der Waals surface area contributed by atoms with Crippen molar-refractivity contribution in [2.45, 2.75) is 24.8 Å². The van der Waals surface area contributed by atoms with E-state index in [1.807, 2.05) is 18.7 Å². The highest BCUT2D eigenvalue weighted by atomic mass is 32.2. The van der Waals surface area contributed by atoms with E-state index in [-0.39, 0.29) is 12.1 Å². The van der Waals surface area contributed by atoms with Crippen molar-refractivity contribution >= 4 is 17.8 Å². The monoisotopic (exact) mass is 296 g/mol. The van der Waals surface area contributed by atoms with Crippen molar-refractivity contribution < 1.29 is 9.53 Å². The number of likely N-dealkylation sites (N-methyl/N-ethyl adjacent to an activating group) is 1. The summed E-state index contributed by atoms with van der Waals surface area (Å²) in [7, 11) is 3.40.